The Hall–Kier alpha value is -2.73. The minimum absolute atomic E-state index is 0.0104. The summed E-state index contributed by atoms with van der Waals surface area (Å²) in [7, 11) is 1.35. The first-order valence-electron chi connectivity index (χ1n) is 9.16. The van der Waals surface area contributed by atoms with Gasteiger partial charge in [-0.2, -0.15) is 4.99 Å². The molecule has 0 aliphatic rings. The predicted octanol–water partition coefficient (Wildman–Crippen LogP) is 4.36. The molecule has 0 aliphatic carbocycles. The van der Waals surface area contributed by atoms with Gasteiger partial charge >= 0.3 is 5.97 Å². The van der Waals surface area contributed by atoms with Crippen molar-refractivity contribution in [2.24, 2.45) is 4.99 Å². The number of thiazole rings is 1. The number of amides is 1. The fraction of sp³-hybridized carbons (Fsp3) is 0.318. The van der Waals surface area contributed by atoms with Gasteiger partial charge in [-0.05, 0) is 49.1 Å². The highest BCUT2D eigenvalue weighted by Gasteiger charge is 2.14. The number of rotatable bonds is 4. The molecule has 1 heterocycles. The van der Waals surface area contributed by atoms with Crippen LogP contribution in [-0.4, -0.2) is 23.6 Å². The lowest BCUT2D eigenvalue weighted by atomic mass is 10.0. The summed E-state index contributed by atoms with van der Waals surface area (Å²) >= 11 is 1.41. The molecule has 0 unspecified atom stereocenters. The van der Waals surface area contributed by atoms with Crippen molar-refractivity contribution in [1.29, 1.82) is 0 Å². The maximum atomic E-state index is 12.9. The fourth-order valence-electron chi connectivity index (χ4n) is 2.99. The zero-order valence-corrected chi connectivity index (χ0v) is 17.6. The molecule has 0 fully saturated rings. The standard InChI is InChI=1S/C22H24N2O3S/c1-13(2)16-8-9-18-19(11-16)28-22(24(18)12-20(25)27-5)23-21(26)17-10-14(3)6-7-15(17)4/h6-11,13H,12H2,1-5H3. The Morgan fingerprint density at radius 2 is 1.89 bits per heavy atom. The monoisotopic (exact) mass is 396 g/mol. The van der Waals surface area contributed by atoms with E-state index in [0.29, 0.717) is 16.3 Å². The molecule has 6 heteroatoms. The van der Waals surface area contributed by atoms with E-state index in [1.807, 2.05) is 44.2 Å². The Morgan fingerprint density at radius 1 is 1.14 bits per heavy atom. The van der Waals surface area contributed by atoms with Crippen LogP contribution in [-0.2, 0) is 16.1 Å². The number of carbonyl (C=O) groups is 2. The molecule has 0 spiro atoms. The van der Waals surface area contributed by atoms with Crippen LogP contribution in [0.4, 0.5) is 0 Å². The third kappa shape index (κ3) is 4.07. The van der Waals surface area contributed by atoms with Gasteiger partial charge in [-0.3, -0.25) is 9.59 Å². The molecular formula is C22H24N2O3S. The van der Waals surface area contributed by atoms with E-state index in [-0.39, 0.29) is 18.4 Å². The lowest BCUT2D eigenvalue weighted by Gasteiger charge is -2.07. The summed E-state index contributed by atoms with van der Waals surface area (Å²) in [5.74, 6) is -0.304. The van der Waals surface area contributed by atoms with Crippen molar-refractivity contribution in [3.63, 3.8) is 0 Å². The first-order chi connectivity index (χ1) is 13.3. The summed E-state index contributed by atoms with van der Waals surface area (Å²) in [5, 5.41) is 0. The Balaban J connectivity index is 2.18. The molecular weight excluding hydrogens is 372 g/mol. The van der Waals surface area contributed by atoms with E-state index in [0.717, 1.165) is 21.3 Å². The Bertz CT molecular complexity index is 1120. The van der Waals surface area contributed by atoms with E-state index in [9.17, 15) is 9.59 Å². The summed E-state index contributed by atoms with van der Waals surface area (Å²) in [5.41, 5.74) is 4.52. The summed E-state index contributed by atoms with van der Waals surface area (Å²) in [6.07, 6.45) is 0. The second-order valence-corrected chi connectivity index (χ2v) is 8.17. The molecule has 2 aromatic carbocycles. The lowest BCUT2D eigenvalue weighted by Crippen LogP contribution is -2.22. The number of carbonyl (C=O) groups excluding carboxylic acids is 2. The van der Waals surface area contributed by atoms with Gasteiger partial charge in [0.25, 0.3) is 5.91 Å². The minimum atomic E-state index is -0.381. The summed E-state index contributed by atoms with van der Waals surface area (Å²) < 4.78 is 7.57. The normalized spacial score (nSPS) is 12.0. The van der Waals surface area contributed by atoms with Crippen molar-refractivity contribution in [2.75, 3.05) is 7.11 Å². The first kappa shape index (κ1) is 20.0. The molecule has 0 saturated carbocycles. The van der Waals surface area contributed by atoms with Gasteiger partial charge in [-0.15, -0.1) is 0 Å². The zero-order valence-electron chi connectivity index (χ0n) is 16.8. The Labute approximate surface area is 168 Å². The van der Waals surface area contributed by atoms with Crippen LogP contribution in [0.1, 0.15) is 46.8 Å². The van der Waals surface area contributed by atoms with E-state index < -0.39 is 0 Å². The van der Waals surface area contributed by atoms with E-state index >= 15 is 0 Å². The number of hydrogen-bond acceptors (Lipinski definition) is 4. The molecule has 0 N–H and O–H groups in total. The molecule has 3 rings (SSSR count). The van der Waals surface area contributed by atoms with E-state index in [2.05, 4.69) is 24.9 Å². The molecule has 1 aromatic heterocycles. The molecule has 0 atom stereocenters. The molecule has 5 nitrogen and oxygen atoms in total. The SMILES string of the molecule is COC(=O)Cn1c(=NC(=O)c2cc(C)ccc2C)sc2cc(C(C)C)ccc21. The number of benzene rings is 2. The van der Waals surface area contributed by atoms with Crippen molar-refractivity contribution in [1.82, 2.24) is 4.57 Å². The molecule has 0 saturated heterocycles. The molecule has 0 bridgehead atoms. The summed E-state index contributed by atoms with van der Waals surface area (Å²) in [6, 6.07) is 11.8. The van der Waals surface area contributed by atoms with Gasteiger partial charge in [0.05, 0.1) is 17.3 Å². The Morgan fingerprint density at radius 3 is 2.57 bits per heavy atom. The van der Waals surface area contributed by atoms with Crippen molar-refractivity contribution in [3.8, 4) is 0 Å². The number of ether oxygens (including phenoxy) is 1. The first-order valence-corrected chi connectivity index (χ1v) is 9.98. The fourth-order valence-corrected chi connectivity index (χ4v) is 4.07. The number of aryl methyl sites for hydroxylation is 2. The van der Waals surface area contributed by atoms with Gasteiger partial charge in [0, 0.05) is 5.56 Å². The average molecular weight is 397 g/mol. The molecule has 146 valence electrons. The van der Waals surface area contributed by atoms with Gasteiger partial charge in [-0.1, -0.05) is 48.9 Å². The Kier molecular flexibility index (Phi) is 5.79. The number of aromatic nitrogens is 1. The van der Waals surface area contributed by atoms with Crippen LogP contribution in [0.2, 0.25) is 0 Å². The van der Waals surface area contributed by atoms with Crippen molar-refractivity contribution in [3.05, 3.63) is 63.5 Å². The van der Waals surface area contributed by atoms with Crippen LogP contribution < -0.4 is 4.80 Å². The molecule has 1 amide bonds. The number of esters is 1. The average Bonchev–Trinajstić information content (AvgIpc) is 2.99. The van der Waals surface area contributed by atoms with Gasteiger partial charge < -0.3 is 9.30 Å². The molecule has 0 radical (unpaired) electrons. The third-order valence-corrected chi connectivity index (χ3v) is 5.75. The highest BCUT2D eigenvalue weighted by molar-refractivity contribution is 7.16. The smallest absolute Gasteiger partial charge is 0.325 e. The van der Waals surface area contributed by atoms with Gasteiger partial charge in [0.1, 0.15) is 6.54 Å². The highest BCUT2D eigenvalue weighted by atomic mass is 32.1. The number of methoxy groups -OCH3 is 1. The maximum absolute atomic E-state index is 12.9. The van der Waals surface area contributed by atoms with E-state index in [1.54, 1.807) is 4.57 Å². The van der Waals surface area contributed by atoms with Crippen LogP contribution in [0.15, 0.2) is 41.4 Å². The minimum Gasteiger partial charge on any atom is -0.468 e. The summed E-state index contributed by atoms with van der Waals surface area (Å²) in [6.45, 7) is 8.11. The topological polar surface area (TPSA) is 60.7 Å². The lowest BCUT2D eigenvalue weighted by molar-refractivity contribution is -0.141. The second kappa shape index (κ2) is 8.10. The van der Waals surface area contributed by atoms with Crippen LogP contribution in [0.25, 0.3) is 10.2 Å². The number of fused-ring (bicyclic) bond motifs is 1. The molecule has 28 heavy (non-hydrogen) atoms. The molecule has 0 aliphatic heterocycles. The van der Waals surface area contributed by atoms with Crippen LogP contribution in [0.5, 0.6) is 0 Å². The largest absolute Gasteiger partial charge is 0.468 e. The maximum Gasteiger partial charge on any atom is 0.325 e. The van der Waals surface area contributed by atoms with Gasteiger partial charge in [0.15, 0.2) is 4.80 Å². The van der Waals surface area contributed by atoms with E-state index in [4.69, 9.17) is 4.74 Å². The molecule has 3 aromatic rings. The highest BCUT2D eigenvalue weighted by Crippen LogP contribution is 2.24. The number of nitrogens with zero attached hydrogens (tertiary/aromatic N) is 2. The van der Waals surface area contributed by atoms with Crippen molar-refractivity contribution >= 4 is 33.4 Å². The van der Waals surface area contributed by atoms with Gasteiger partial charge in [0.2, 0.25) is 0 Å². The van der Waals surface area contributed by atoms with Gasteiger partial charge in [-0.25, -0.2) is 0 Å². The van der Waals surface area contributed by atoms with E-state index in [1.165, 1.54) is 24.0 Å². The summed E-state index contributed by atoms with van der Waals surface area (Å²) in [4.78, 5) is 29.7. The predicted molar refractivity (Wildman–Crippen MR) is 112 cm³/mol. The quantitative estimate of drug-likeness (QED) is 0.616. The zero-order chi connectivity index (χ0) is 20.4. The van der Waals surface area contributed by atoms with Crippen LogP contribution in [0, 0.1) is 13.8 Å². The number of hydrogen-bond donors (Lipinski definition) is 0. The second-order valence-electron chi connectivity index (χ2n) is 7.16. The van der Waals surface area contributed by atoms with Crippen molar-refractivity contribution < 1.29 is 14.3 Å². The third-order valence-electron chi connectivity index (χ3n) is 4.71. The van der Waals surface area contributed by atoms with Crippen LogP contribution in [0.3, 0.4) is 0 Å². The van der Waals surface area contributed by atoms with Crippen LogP contribution >= 0.6 is 11.3 Å². The van der Waals surface area contributed by atoms with Crippen molar-refractivity contribution in [2.45, 2.75) is 40.2 Å².